The predicted molar refractivity (Wildman–Crippen MR) is 110 cm³/mol. The zero-order chi connectivity index (χ0) is 20.4. The van der Waals surface area contributed by atoms with Crippen LogP contribution < -0.4 is 0 Å². The second-order valence-corrected chi connectivity index (χ2v) is 7.11. The quantitative estimate of drug-likeness (QED) is 0.684. The first-order valence-corrected chi connectivity index (χ1v) is 9.79. The summed E-state index contributed by atoms with van der Waals surface area (Å²) in [6, 6.07) is 15.4. The van der Waals surface area contributed by atoms with Crippen molar-refractivity contribution in [3.05, 3.63) is 66.0 Å². The Morgan fingerprint density at radius 1 is 0.966 bits per heavy atom. The summed E-state index contributed by atoms with van der Waals surface area (Å²) in [4.78, 5) is 33.5. The van der Waals surface area contributed by atoms with E-state index in [1.54, 1.807) is 28.0 Å². The van der Waals surface area contributed by atoms with Crippen molar-refractivity contribution in [3.63, 3.8) is 0 Å². The maximum atomic E-state index is 13.3. The van der Waals surface area contributed by atoms with Gasteiger partial charge in [-0.05, 0) is 36.4 Å². The fraction of sp³-hybridized carbons (Fsp3) is 0.261. The van der Waals surface area contributed by atoms with Crippen LogP contribution >= 0.6 is 0 Å². The minimum atomic E-state index is -0.315. The molecule has 1 fully saturated rings. The van der Waals surface area contributed by atoms with Crippen molar-refractivity contribution < 1.29 is 14.0 Å². The van der Waals surface area contributed by atoms with Crippen LogP contribution in [-0.2, 0) is 4.79 Å². The number of piperazine rings is 1. The molecule has 3 aromatic rings. The first-order chi connectivity index (χ1) is 14.1. The highest BCUT2D eigenvalue weighted by atomic mass is 19.1. The number of carbonyl (C=O) groups is 2. The van der Waals surface area contributed by atoms with Crippen molar-refractivity contribution in [1.82, 2.24) is 14.8 Å². The Bertz CT molecular complexity index is 1060. The highest BCUT2D eigenvalue weighted by Crippen LogP contribution is 2.26. The molecule has 2 amide bonds. The Labute approximate surface area is 168 Å². The molecule has 1 aromatic heterocycles. The summed E-state index contributed by atoms with van der Waals surface area (Å²) in [5.41, 5.74) is 2.68. The van der Waals surface area contributed by atoms with Gasteiger partial charge in [0.1, 0.15) is 5.82 Å². The monoisotopic (exact) mass is 391 g/mol. The zero-order valence-electron chi connectivity index (χ0n) is 16.3. The molecular weight excluding hydrogens is 369 g/mol. The molecule has 2 heterocycles. The summed E-state index contributed by atoms with van der Waals surface area (Å²) >= 11 is 0. The second-order valence-electron chi connectivity index (χ2n) is 7.11. The number of halogens is 1. The third-order valence-corrected chi connectivity index (χ3v) is 5.31. The molecule has 29 heavy (non-hydrogen) atoms. The molecule has 1 aliphatic rings. The van der Waals surface area contributed by atoms with Gasteiger partial charge in [0.05, 0.1) is 16.8 Å². The molecule has 0 radical (unpaired) electrons. The van der Waals surface area contributed by atoms with Crippen molar-refractivity contribution in [1.29, 1.82) is 0 Å². The van der Waals surface area contributed by atoms with Crippen molar-refractivity contribution >= 4 is 22.7 Å². The van der Waals surface area contributed by atoms with Crippen LogP contribution in [0.15, 0.2) is 54.6 Å². The van der Waals surface area contributed by atoms with Crippen LogP contribution in [-0.4, -0.2) is 52.8 Å². The number of carbonyl (C=O) groups excluding carboxylic acids is 2. The minimum absolute atomic E-state index is 0.0736. The maximum absolute atomic E-state index is 13.3. The van der Waals surface area contributed by atoms with Gasteiger partial charge in [0.2, 0.25) is 5.91 Å². The standard InChI is InChI=1S/C23H22FN3O2/c1-2-22(28)26-11-13-27(14-12-26)23(29)19-15-21(16-7-9-17(24)10-8-16)25-20-6-4-3-5-18(19)20/h3-10,15H,2,11-14H2,1H3. The van der Waals surface area contributed by atoms with Crippen molar-refractivity contribution in [2.24, 2.45) is 0 Å². The largest absolute Gasteiger partial charge is 0.339 e. The van der Waals surface area contributed by atoms with Crippen LogP contribution in [0.4, 0.5) is 4.39 Å². The molecule has 148 valence electrons. The van der Waals surface area contributed by atoms with Crippen LogP contribution in [0.2, 0.25) is 0 Å². The maximum Gasteiger partial charge on any atom is 0.254 e. The zero-order valence-corrected chi connectivity index (χ0v) is 16.3. The van der Waals surface area contributed by atoms with E-state index in [2.05, 4.69) is 4.98 Å². The lowest BCUT2D eigenvalue weighted by Crippen LogP contribution is -2.50. The lowest BCUT2D eigenvalue weighted by Gasteiger charge is -2.35. The van der Waals surface area contributed by atoms with E-state index in [1.807, 2.05) is 31.2 Å². The van der Waals surface area contributed by atoms with E-state index in [4.69, 9.17) is 0 Å². The van der Waals surface area contributed by atoms with Gasteiger partial charge in [-0.1, -0.05) is 25.1 Å². The van der Waals surface area contributed by atoms with Gasteiger partial charge in [0.25, 0.3) is 5.91 Å². The minimum Gasteiger partial charge on any atom is -0.339 e. The number of amides is 2. The molecular formula is C23H22FN3O2. The second kappa shape index (κ2) is 7.99. The average molecular weight is 391 g/mol. The van der Waals surface area contributed by atoms with Crippen LogP contribution in [0.1, 0.15) is 23.7 Å². The van der Waals surface area contributed by atoms with Crippen molar-refractivity contribution in [3.8, 4) is 11.3 Å². The number of rotatable bonds is 3. The molecule has 6 heteroatoms. The van der Waals surface area contributed by atoms with E-state index in [0.29, 0.717) is 43.9 Å². The van der Waals surface area contributed by atoms with E-state index < -0.39 is 0 Å². The Hall–Kier alpha value is -3.28. The van der Waals surface area contributed by atoms with Crippen LogP contribution in [0.5, 0.6) is 0 Å². The normalized spacial score (nSPS) is 14.3. The molecule has 1 saturated heterocycles. The third-order valence-electron chi connectivity index (χ3n) is 5.31. The van der Waals surface area contributed by atoms with E-state index >= 15 is 0 Å². The SMILES string of the molecule is CCC(=O)N1CCN(C(=O)c2cc(-c3ccc(F)cc3)nc3ccccc23)CC1. The van der Waals surface area contributed by atoms with Crippen molar-refractivity contribution in [2.45, 2.75) is 13.3 Å². The lowest BCUT2D eigenvalue weighted by molar-refractivity contribution is -0.132. The molecule has 0 saturated carbocycles. The van der Waals surface area contributed by atoms with Crippen molar-refractivity contribution in [2.75, 3.05) is 26.2 Å². The van der Waals surface area contributed by atoms with Crippen LogP contribution in [0.25, 0.3) is 22.2 Å². The lowest BCUT2D eigenvalue weighted by atomic mass is 10.0. The van der Waals surface area contributed by atoms with Gasteiger partial charge in [-0.2, -0.15) is 0 Å². The molecule has 0 bridgehead atoms. The summed E-state index contributed by atoms with van der Waals surface area (Å²) in [6.45, 7) is 3.96. The molecule has 0 atom stereocenters. The van der Waals surface area contributed by atoms with Crippen LogP contribution in [0.3, 0.4) is 0 Å². The molecule has 4 rings (SSSR count). The Kier molecular flexibility index (Phi) is 5.25. The molecule has 2 aromatic carbocycles. The highest BCUT2D eigenvalue weighted by molar-refractivity contribution is 6.07. The van der Waals surface area contributed by atoms with Gasteiger partial charge in [0.15, 0.2) is 0 Å². The highest BCUT2D eigenvalue weighted by Gasteiger charge is 2.25. The molecule has 0 spiro atoms. The Balaban J connectivity index is 1.68. The number of benzene rings is 2. The smallest absolute Gasteiger partial charge is 0.254 e. The topological polar surface area (TPSA) is 53.5 Å². The summed E-state index contributed by atoms with van der Waals surface area (Å²) in [7, 11) is 0. The number of pyridine rings is 1. The summed E-state index contributed by atoms with van der Waals surface area (Å²) in [5, 5.41) is 0.787. The summed E-state index contributed by atoms with van der Waals surface area (Å²) in [6.07, 6.45) is 0.476. The number of para-hydroxylation sites is 1. The van der Waals surface area contributed by atoms with Gasteiger partial charge >= 0.3 is 0 Å². The Morgan fingerprint density at radius 3 is 2.31 bits per heavy atom. The predicted octanol–water partition coefficient (Wildman–Crippen LogP) is 3.74. The molecule has 5 nitrogen and oxygen atoms in total. The number of fused-ring (bicyclic) bond motifs is 1. The molecule has 1 aliphatic heterocycles. The fourth-order valence-corrected chi connectivity index (χ4v) is 3.67. The average Bonchev–Trinajstić information content (AvgIpc) is 2.78. The number of hydrogen-bond acceptors (Lipinski definition) is 3. The fourth-order valence-electron chi connectivity index (χ4n) is 3.67. The first-order valence-electron chi connectivity index (χ1n) is 9.79. The number of aromatic nitrogens is 1. The molecule has 0 aliphatic carbocycles. The van der Waals surface area contributed by atoms with E-state index in [-0.39, 0.29) is 17.6 Å². The van der Waals surface area contributed by atoms with Gasteiger partial charge in [0, 0.05) is 43.5 Å². The number of nitrogens with zero attached hydrogens (tertiary/aromatic N) is 3. The van der Waals surface area contributed by atoms with Gasteiger partial charge in [-0.3, -0.25) is 9.59 Å². The van der Waals surface area contributed by atoms with Gasteiger partial charge in [-0.15, -0.1) is 0 Å². The number of hydrogen-bond donors (Lipinski definition) is 0. The molecule has 0 N–H and O–H groups in total. The third kappa shape index (κ3) is 3.83. The summed E-state index contributed by atoms with van der Waals surface area (Å²) < 4.78 is 13.3. The summed E-state index contributed by atoms with van der Waals surface area (Å²) in [5.74, 6) is -0.272. The van der Waals surface area contributed by atoms with Crippen LogP contribution in [0, 0.1) is 5.82 Å². The molecule has 0 unspecified atom stereocenters. The van der Waals surface area contributed by atoms with E-state index in [1.165, 1.54) is 12.1 Å². The van der Waals surface area contributed by atoms with Gasteiger partial charge < -0.3 is 9.80 Å². The Morgan fingerprint density at radius 2 is 1.62 bits per heavy atom. The first kappa shape index (κ1) is 19.1. The van der Waals surface area contributed by atoms with E-state index in [0.717, 1.165) is 16.5 Å². The van der Waals surface area contributed by atoms with E-state index in [9.17, 15) is 14.0 Å². The van der Waals surface area contributed by atoms with Gasteiger partial charge in [-0.25, -0.2) is 9.37 Å².